The summed E-state index contributed by atoms with van der Waals surface area (Å²) in [6.07, 6.45) is 9.92. The fourth-order valence-corrected chi connectivity index (χ4v) is 4.64. The summed E-state index contributed by atoms with van der Waals surface area (Å²) in [4.78, 5) is 14.4. The Kier molecular flexibility index (Phi) is 8.53. The number of nitrogens with one attached hydrogen (secondary N) is 1. The van der Waals surface area contributed by atoms with Crippen molar-refractivity contribution in [3.05, 3.63) is 58.7 Å². The van der Waals surface area contributed by atoms with Crippen molar-refractivity contribution < 1.29 is 9.90 Å². The lowest BCUT2D eigenvalue weighted by molar-refractivity contribution is 0.0698. The summed E-state index contributed by atoms with van der Waals surface area (Å²) in [6.45, 7) is 8.86. The van der Waals surface area contributed by atoms with Gasteiger partial charge >= 0.3 is 5.97 Å². The highest BCUT2D eigenvalue weighted by Gasteiger charge is 2.26. The molecule has 2 aromatic carbocycles. The quantitative estimate of drug-likeness (QED) is 0.379. The van der Waals surface area contributed by atoms with Crippen LogP contribution in [0.4, 0.5) is 11.4 Å². The summed E-state index contributed by atoms with van der Waals surface area (Å²) in [5.74, 6) is -0.901. The van der Waals surface area contributed by atoms with Gasteiger partial charge in [-0.25, -0.2) is 4.79 Å². The van der Waals surface area contributed by atoms with Crippen LogP contribution >= 0.6 is 0 Å². The molecule has 1 aliphatic rings. The Bertz CT molecular complexity index is 868. The summed E-state index contributed by atoms with van der Waals surface area (Å²) in [5, 5.41) is 12.9. The van der Waals surface area contributed by atoms with Crippen molar-refractivity contribution in [1.82, 2.24) is 4.90 Å². The molecule has 0 spiro atoms. The van der Waals surface area contributed by atoms with E-state index < -0.39 is 5.97 Å². The van der Waals surface area contributed by atoms with Gasteiger partial charge in [-0.3, -0.25) is 4.90 Å². The number of aryl methyl sites for hydroxylation is 1. The number of hydrogen-bond donors (Lipinski definition) is 2. The second kappa shape index (κ2) is 11.3. The number of anilines is 2. The zero-order chi connectivity index (χ0) is 22.2. The maximum atomic E-state index is 11.6. The van der Waals surface area contributed by atoms with Crippen molar-refractivity contribution in [2.75, 3.05) is 18.4 Å². The van der Waals surface area contributed by atoms with Gasteiger partial charge in [0.25, 0.3) is 0 Å². The first-order valence-corrected chi connectivity index (χ1v) is 12.0. The van der Waals surface area contributed by atoms with Crippen LogP contribution in [0.5, 0.6) is 0 Å². The van der Waals surface area contributed by atoms with Crippen LogP contribution in [0.1, 0.15) is 79.4 Å². The lowest BCUT2D eigenvalue weighted by atomic mass is 10.1. The predicted octanol–water partition coefficient (Wildman–Crippen LogP) is 6.59. The average Bonchev–Trinajstić information content (AvgIpc) is 3.17. The van der Waals surface area contributed by atoms with Crippen LogP contribution in [0, 0.1) is 6.92 Å². The first-order valence-electron chi connectivity index (χ1n) is 12.0. The Morgan fingerprint density at radius 3 is 2.29 bits per heavy atom. The van der Waals surface area contributed by atoms with Gasteiger partial charge in [0.1, 0.15) is 0 Å². The Morgan fingerprint density at radius 2 is 1.65 bits per heavy atom. The normalized spacial score (nSPS) is 15.3. The molecule has 0 heterocycles. The second-order valence-electron chi connectivity index (χ2n) is 8.97. The van der Waals surface area contributed by atoms with E-state index in [9.17, 15) is 9.90 Å². The fraction of sp³-hybridized carbons (Fsp3) is 0.519. The highest BCUT2D eigenvalue weighted by Crippen LogP contribution is 2.31. The summed E-state index contributed by atoms with van der Waals surface area (Å²) < 4.78 is 0. The van der Waals surface area contributed by atoms with Gasteiger partial charge in [0, 0.05) is 11.7 Å². The molecule has 0 saturated carbocycles. The Hall–Kier alpha value is -2.33. The van der Waals surface area contributed by atoms with Crippen molar-refractivity contribution in [3.63, 3.8) is 0 Å². The molecule has 1 unspecified atom stereocenters. The number of benzene rings is 2. The lowest BCUT2D eigenvalue weighted by Gasteiger charge is -2.29. The third-order valence-electron chi connectivity index (χ3n) is 6.42. The SMILES string of the molecule is CCCCCN(CCCCC)C1Cc2ccc(Nc3ccc(C)cc3C(=O)O)cc2C1. The molecule has 0 bridgehead atoms. The third-order valence-corrected chi connectivity index (χ3v) is 6.42. The number of unbranched alkanes of at least 4 members (excludes halogenated alkanes) is 4. The van der Waals surface area contributed by atoms with Crippen LogP contribution in [0.3, 0.4) is 0 Å². The van der Waals surface area contributed by atoms with E-state index in [1.54, 1.807) is 6.07 Å². The highest BCUT2D eigenvalue weighted by molar-refractivity contribution is 5.95. The van der Waals surface area contributed by atoms with Gasteiger partial charge in [-0.1, -0.05) is 57.2 Å². The third kappa shape index (κ3) is 6.33. The summed E-state index contributed by atoms with van der Waals surface area (Å²) in [6, 6.07) is 12.7. The minimum absolute atomic E-state index is 0.316. The van der Waals surface area contributed by atoms with E-state index in [-0.39, 0.29) is 0 Å². The molecule has 3 rings (SSSR count). The topological polar surface area (TPSA) is 52.6 Å². The van der Waals surface area contributed by atoms with E-state index in [2.05, 4.69) is 42.3 Å². The van der Waals surface area contributed by atoms with Crippen LogP contribution in [-0.4, -0.2) is 35.1 Å². The molecule has 0 aliphatic heterocycles. The van der Waals surface area contributed by atoms with Gasteiger partial charge in [-0.2, -0.15) is 0 Å². The Labute approximate surface area is 187 Å². The van der Waals surface area contributed by atoms with Crippen molar-refractivity contribution in [2.24, 2.45) is 0 Å². The predicted molar refractivity (Wildman–Crippen MR) is 130 cm³/mol. The van der Waals surface area contributed by atoms with Gasteiger partial charge in [-0.15, -0.1) is 0 Å². The van der Waals surface area contributed by atoms with Gasteiger partial charge in [-0.05, 0) is 81.1 Å². The van der Waals surface area contributed by atoms with E-state index >= 15 is 0 Å². The smallest absolute Gasteiger partial charge is 0.337 e. The zero-order valence-corrected chi connectivity index (χ0v) is 19.4. The Morgan fingerprint density at radius 1 is 0.968 bits per heavy atom. The van der Waals surface area contributed by atoms with Crippen LogP contribution in [-0.2, 0) is 12.8 Å². The van der Waals surface area contributed by atoms with E-state index in [1.165, 1.54) is 62.7 Å². The van der Waals surface area contributed by atoms with Gasteiger partial charge in [0.05, 0.1) is 11.3 Å². The molecule has 2 aromatic rings. The molecule has 1 aliphatic carbocycles. The number of carbonyl (C=O) groups is 1. The molecule has 0 radical (unpaired) electrons. The minimum atomic E-state index is -0.901. The number of aromatic carboxylic acids is 1. The average molecular weight is 423 g/mol. The molecule has 31 heavy (non-hydrogen) atoms. The number of carboxylic acids is 1. The number of carboxylic acid groups (broad SMARTS) is 1. The first-order chi connectivity index (χ1) is 15.0. The van der Waals surface area contributed by atoms with Crippen LogP contribution in [0.2, 0.25) is 0 Å². The Balaban J connectivity index is 1.70. The molecular formula is C27H38N2O2. The molecule has 0 fully saturated rings. The van der Waals surface area contributed by atoms with Gasteiger partial charge < -0.3 is 10.4 Å². The lowest BCUT2D eigenvalue weighted by Crippen LogP contribution is -2.37. The second-order valence-corrected chi connectivity index (χ2v) is 8.97. The largest absolute Gasteiger partial charge is 0.478 e. The van der Waals surface area contributed by atoms with Gasteiger partial charge in [0.15, 0.2) is 0 Å². The molecule has 4 heteroatoms. The molecule has 0 saturated heterocycles. The number of fused-ring (bicyclic) bond motifs is 1. The number of nitrogens with zero attached hydrogens (tertiary/aromatic N) is 1. The number of hydrogen-bond acceptors (Lipinski definition) is 3. The van der Waals surface area contributed by atoms with Crippen molar-refractivity contribution in [3.8, 4) is 0 Å². The summed E-state index contributed by atoms with van der Waals surface area (Å²) in [5.41, 5.74) is 5.72. The highest BCUT2D eigenvalue weighted by atomic mass is 16.4. The van der Waals surface area contributed by atoms with Crippen LogP contribution in [0.15, 0.2) is 36.4 Å². The van der Waals surface area contributed by atoms with Gasteiger partial charge in [0.2, 0.25) is 0 Å². The minimum Gasteiger partial charge on any atom is -0.478 e. The van der Waals surface area contributed by atoms with E-state index in [4.69, 9.17) is 0 Å². The van der Waals surface area contributed by atoms with Crippen LogP contribution in [0.25, 0.3) is 0 Å². The number of rotatable bonds is 12. The van der Waals surface area contributed by atoms with Crippen LogP contribution < -0.4 is 5.32 Å². The van der Waals surface area contributed by atoms with E-state index in [0.29, 0.717) is 17.3 Å². The maximum absolute atomic E-state index is 11.6. The molecule has 1 atom stereocenters. The molecule has 0 aromatic heterocycles. The first kappa shape index (κ1) is 23.3. The molecule has 168 valence electrons. The fourth-order valence-electron chi connectivity index (χ4n) is 4.64. The molecule has 2 N–H and O–H groups in total. The monoisotopic (exact) mass is 422 g/mol. The molecule has 0 amide bonds. The van der Waals surface area contributed by atoms with Crippen molar-refractivity contribution >= 4 is 17.3 Å². The van der Waals surface area contributed by atoms with Crippen molar-refractivity contribution in [1.29, 1.82) is 0 Å². The van der Waals surface area contributed by atoms with Crippen molar-refractivity contribution in [2.45, 2.75) is 78.2 Å². The molecular weight excluding hydrogens is 384 g/mol. The van der Waals surface area contributed by atoms with E-state index in [0.717, 1.165) is 24.1 Å². The molecule has 4 nitrogen and oxygen atoms in total. The zero-order valence-electron chi connectivity index (χ0n) is 19.4. The standard InChI is InChI=1S/C27H38N2O2/c1-4-6-8-14-29(15-9-7-5-2)24-18-21-11-12-23(17-22(21)19-24)28-26-13-10-20(3)16-25(26)27(30)31/h10-13,16-17,24,28H,4-9,14-15,18-19H2,1-3H3,(H,30,31). The van der Waals surface area contributed by atoms with E-state index in [1.807, 2.05) is 19.1 Å². The summed E-state index contributed by atoms with van der Waals surface area (Å²) in [7, 11) is 0. The maximum Gasteiger partial charge on any atom is 0.337 e. The summed E-state index contributed by atoms with van der Waals surface area (Å²) >= 11 is 0.